The Bertz CT molecular complexity index is 1230. The molecule has 0 saturated carbocycles. The monoisotopic (exact) mass is 341 g/mol. The molecule has 3 heterocycles. The van der Waals surface area contributed by atoms with Crippen LogP contribution in [0.2, 0.25) is 0 Å². The molecule has 0 N–H and O–H groups in total. The number of thiazole rings is 1. The van der Waals surface area contributed by atoms with Gasteiger partial charge in [0, 0.05) is 6.08 Å². The third-order valence-electron chi connectivity index (χ3n) is 3.92. The quantitative estimate of drug-likeness (QED) is 0.413. The number of benzene rings is 1. The van der Waals surface area contributed by atoms with Gasteiger partial charge < -0.3 is 4.42 Å². The first kappa shape index (κ1) is 14.6. The van der Waals surface area contributed by atoms with Crippen LogP contribution in [0.25, 0.3) is 22.1 Å². The van der Waals surface area contributed by atoms with E-state index in [4.69, 9.17) is 4.42 Å². The van der Waals surface area contributed by atoms with E-state index in [0.29, 0.717) is 9.49 Å². The van der Waals surface area contributed by atoms with Gasteiger partial charge in [0.1, 0.15) is 15.2 Å². The van der Waals surface area contributed by atoms with Gasteiger partial charge in [-0.25, -0.2) is 9.38 Å². The topological polar surface area (TPSA) is 90.7 Å². The summed E-state index contributed by atoms with van der Waals surface area (Å²) in [6.07, 6.45) is 1.50. The molecule has 0 radical (unpaired) electrons. The fraction of sp³-hybridized carbons (Fsp3) is 0.125. The molecular formula is C16H11N3O4S. The Morgan fingerprint density at radius 3 is 2.75 bits per heavy atom. The molecule has 24 heavy (non-hydrogen) atoms. The maximum Gasteiger partial charge on any atom is 0.433 e. The van der Waals surface area contributed by atoms with E-state index < -0.39 is 4.92 Å². The molecule has 0 fully saturated rings. The summed E-state index contributed by atoms with van der Waals surface area (Å²) in [6.45, 7) is 3.99. The van der Waals surface area contributed by atoms with Crippen LogP contribution in [0.3, 0.4) is 0 Å². The zero-order chi connectivity index (χ0) is 17.0. The molecule has 120 valence electrons. The highest BCUT2D eigenvalue weighted by atomic mass is 32.1. The highest BCUT2D eigenvalue weighted by molar-refractivity contribution is 7.15. The second-order valence-corrected chi connectivity index (χ2v) is 6.51. The van der Waals surface area contributed by atoms with Crippen molar-refractivity contribution < 1.29 is 9.34 Å². The number of hydrogen-bond donors (Lipinski definition) is 0. The van der Waals surface area contributed by atoms with Gasteiger partial charge in [-0.2, -0.15) is 0 Å². The first-order valence-corrected chi connectivity index (χ1v) is 7.94. The summed E-state index contributed by atoms with van der Waals surface area (Å²) < 4.78 is 7.07. The normalized spacial score (nSPS) is 12.5. The van der Waals surface area contributed by atoms with Crippen LogP contribution in [0.5, 0.6) is 0 Å². The standard InChI is InChI=1S/C16H11N3O4S/c1-8-5-11-12(6-9(8)2)18-15(20)13(24-16(18)17-11)7-10-3-4-14(23-10)19(21)22/h3-7H,1-2H3/b13-7-. The summed E-state index contributed by atoms with van der Waals surface area (Å²) in [5, 5.41) is 10.7. The van der Waals surface area contributed by atoms with Gasteiger partial charge in [-0.15, -0.1) is 0 Å². The maximum atomic E-state index is 12.7. The molecule has 0 bridgehead atoms. The third-order valence-corrected chi connectivity index (χ3v) is 4.89. The predicted molar refractivity (Wildman–Crippen MR) is 90.5 cm³/mol. The zero-order valence-electron chi connectivity index (χ0n) is 12.8. The van der Waals surface area contributed by atoms with Gasteiger partial charge in [0.25, 0.3) is 5.56 Å². The van der Waals surface area contributed by atoms with Crippen molar-refractivity contribution in [3.63, 3.8) is 0 Å². The summed E-state index contributed by atoms with van der Waals surface area (Å²) in [5.41, 5.74) is 3.54. The lowest BCUT2D eigenvalue weighted by molar-refractivity contribution is -0.402. The van der Waals surface area contributed by atoms with Crippen LogP contribution in [0, 0.1) is 24.0 Å². The molecule has 0 saturated heterocycles. The Morgan fingerprint density at radius 2 is 2.04 bits per heavy atom. The van der Waals surface area contributed by atoms with Crippen molar-refractivity contribution in [2.75, 3.05) is 0 Å². The fourth-order valence-electron chi connectivity index (χ4n) is 2.57. The molecule has 0 aliphatic heterocycles. The molecule has 8 heteroatoms. The van der Waals surface area contributed by atoms with Crippen molar-refractivity contribution in [3.8, 4) is 0 Å². The highest BCUT2D eigenvalue weighted by Gasteiger charge is 2.14. The van der Waals surface area contributed by atoms with Crippen molar-refractivity contribution in [3.05, 3.63) is 66.2 Å². The smallest absolute Gasteiger partial charge is 0.401 e. The lowest BCUT2D eigenvalue weighted by atomic mass is 10.1. The number of aryl methyl sites for hydroxylation is 2. The second kappa shape index (κ2) is 5.00. The van der Waals surface area contributed by atoms with Crippen molar-refractivity contribution in [2.24, 2.45) is 0 Å². The first-order chi connectivity index (χ1) is 11.4. The minimum absolute atomic E-state index is 0.209. The van der Waals surface area contributed by atoms with E-state index >= 15 is 0 Å². The van der Waals surface area contributed by atoms with E-state index in [1.165, 1.54) is 29.5 Å². The summed E-state index contributed by atoms with van der Waals surface area (Å²) in [4.78, 5) is 27.8. The van der Waals surface area contributed by atoms with Gasteiger partial charge in [0.05, 0.1) is 17.1 Å². The average molecular weight is 341 g/mol. The van der Waals surface area contributed by atoms with Gasteiger partial charge >= 0.3 is 5.88 Å². The van der Waals surface area contributed by atoms with Crippen LogP contribution in [-0.2, 0) is 0 Å². The number of fused-ring (bicyclic) bond motifs is 3. The Kier molecular flexibility index (Phi) is 3.04. The van der Waals surface area contributed by atoms with E-state index in [0.717, 1.165) is 22.2 Å². The van der Waals surface area contributed by atoms with Gasteiger partial charge in [0.2, 0.25) is 0 Å². The molecule has 4 rings (SSSR count). The predicted octanol–water partition coefficient (Wildman–Crippen LogP) is 2.57. The summed E-state index contributed by atoms with van der Waals surface area (Å²) in [5.74, 6) is -0.0915. The van der Waals surface area contributed by atoms with Gasteiger partial charge in [-0.3, -0.25) is 14.9 Å². The maximum absolute atomic E-state index is 12.7. The van der Waals surface area contributed by atoms with Crippen molar-refractivity contribution in [2.45, 2.75) is 13.8 Å². The van der Waals surface area contributed by atoms with Crippen molar-refractivity contribution in [1.29, 1.82) is 0 Å². The minimum Gasteiger partial charge on any atom is -0.401 e. The van der Waals surface area contributed by atoms with Crippen LogP contribution < -0.4 is 10.1 Å². The first-order valence-electron chi connectivity index (χ1n) is 7.12. The molecule has 0 amide bonds. The molecule has 0 atom stereocenters. The number of nitro groups is 1. The highest BCUT2D eigenvalue weighted by Crippen LogP contribution is 2.21. The zero-order valence-corrected chi connectivity index (χ0v) is 13.6. The average Bonchev–Trinajstić information content (AvgIpc) is 3.18. The number of rotatable bonds is 2. The lowest BCUT2D eigenvalue weighted by Crippen LogP contribution is -2.22. The minimum atomic E-state index is -0.616. The van der Waals surface area contributed by atoms with Crippen LogP contribution >= 0.6 is 11.3 Å². The molecule has 0 aliphatic rings. The van der Waals surface area contributed by atoms with Crippen molar-refractivity contribution >= 4 is 39.3 Å². The van der Waals surface area contributed by atoms with Gasteiger partial charge in [-0.05, 0) is 43.2 Å². The Balaban J connectivity index is 1.95. The molecule has 4 aromatic rings. The molecule has 1 aromatic carbocycles. The van der Waals surface area contributed by atoms with E-state index in [2.05, 4.69) is 4.98 Å². The summed E-state index contributed by atoms with van der Waals surface area (Å²) in [6, 6.07) is 6.63. The van der Waals surface area contributed by atoms with Crippen LogP contribution in [-0.4, -0.2) is 14.3 Å². The summed E-state index contributed by atoms with van der Waals surface area (Å²) >= 11 is 1.23. The number of aromatic nitrogens is 2. The van der Waals surface area contributed by atoms with Crippen LogP contribution in [0.1, 0.15) is 16.9 Å². The van der Waals surface area contributed by atoms with Crippen molar-refractivity contribution in [1.82, 2.24) is 9.38 Å². The van der Waals surface area contributed by atoms with E-state index in [9.17, 15) is 14.9 Å². The lowest BCUT2D eigenvalue weighted by Gasteiger charge is -1.98. The van der Waals surface area contributed by atoms with E-state index in [-0.39, 0.29) is 17.2 Å². The largest absolute Gasteiger partial charge is 0.433 e. The number of imidazole rings is 1. The number of hydrogen-bond acceptors (Lipinski definition) is 6. The molecule has 0 unspecified atom stereocenters. The number of nitrogens with zero attached hydrogens (tertiary/aromatic N) is 3. The molecular weight excluding hydrogens is 330 g/mol. The molecule has 7 nitrogen and oxygen atoms in total. The SMILES string of the molecule is Cc1cc2nc3s/c(=C\c4ccc([N+](=O)[O-])o4)c(=O)n3c2cc1C. The Hall–Kier alpha value is -3.00. The Labute approximate surface area is 138 Å². The number of furan rings is 1. The van der Waals surface area contributed by atoms with Crippen LogP contribution in [0.4, 0.5) is 5.88 Å². The van der Waals surface area contributed by atoms with Gasteiger partial charge in [-0.1, -0.05) is 11.3 Å². The van der Waals surface area contributed by atoms with E-state index in [1.54, 1.807) is 4.40 Å². The Morgan fingerprint density at radius 1 is 1.29 bits per heavy atom. The molecule has 0 spiro atoms. The molecule has 0 aliphatic carbocycles. The van der Waals surface area contributed by atoms with Crippen LogP contribution in [0.15, 0.2) is 33.5 Å². The molecule has 3 aromatic heterocycles. The fourth-order valence-corrected chi connectivity index (χ4v) is 3.53. The third kappa shape index (κ3) is 2.11. The van der Waals surface area contributed by atoms with Gasteiger partial charge in [0.15, 0.2) is 4.96 Å². The van der Waals surface area contributed by atoms with E-state index in [1.807, 2.05) is 26.0 Å². The second-order valence-electron chi connectivity index (χ2n) is 5.50. The summed E-state index contributed by atoms with van der Waals surface area (Å²) in [7, 11) is 0.